The summed E-state index contributed by atoms with van der Waals surface area (Å²) in [4.78, 5) is 14.4. The van der Waals surface area contributed by atoms with Crippen LogP contribution in [-0.4, -0.2) is 22.9 Å². The van der Waals surface area contributed by atoms with Gasteiger partial charge in [0.25, 0.3) is 5.69 Å². The second-order valence-electron chi connectivity index (χ2n) is 6.04. The van der Waals surface area contributed by atoms with Crippen LogP contribution in [0.25, 0.3) is 5.69 Å². The van der Waals surface area contributed by atoms with Crippen LogP contribution in [0.4, 0.5) is 5.69 Å². The molecule has 3 rings (SSSR count). The van der Waals surface area contributed by atoms with Crippen molar-refractivity contribution in [3.05, 3.63) is 81.9 Å². The predicted molar refractivity (Wildman–Crippen MR) is 100 cm³/mol. The Bertz CT molecular complexity index is 1090. The Morgan fingerprint density at radius 3 is 2.44 bits per heavy atom. The molecule has 1 aromatic heterocycles. The van der Waals surface area contributed by atoms with Gasteiger partial charge in [-0.05, 0) is 37.1 Å². The molecule has 3 aromatic rings. The van der Waals surface area contributed by atoms with E-state index in [1.807, 2.05) is 42.0 Å². The molecule has 8 nitrogen and oxygen atoms in total. The first-order valence-electron chi connectivity index (χ1n) is 8.12. The van der Waals surface area contributed by atoms with E-state index in [-0.39, 0.29) is 17.1 Å². The summed E-state index contributed by atoms with van der Waals surface area (Å²) in [6.07, 6.45) is 3.55. The quantitative estimate of drug-likeness (QED) is 0.518. The Labute approximate surface area is 156 Å². The number of imidazole rings is 1. The Balaban J connectivity index is 1.77. The standard InChI is InChI=1S/C18H18N4O4S/c1-13-3-6-17(22(23)24)11-18(13)27(25,26)20-12-15-4-7-16(8-5-15)21-10-9-19-14(21)2/h3-11,20H,12H2,1-2H3. The van der Waals surface area contributed by atoms with Crippen LogP contribution in [0.1, 0.15) is 17.0 Å². The van der Waals surface area contributed by atoms with Crippen molar-refractivity contribution in [3.63, 3.8) is 0 Å². The number of hydrogen-bond donors (Lipinski definition) is 1. The summed E-state index contributed by atoms with van der Waals surface area (Å²) in [6.45, 7) is 3.57. The van der Waals surface area contributed by atoms with Crippen molar-refractivity contribution in [3.8, 4) is 5.69 Å². The van der Waals surface area contributed by atoms with Crippen LogP contribution in [0.15, 0.2) is 59.8 Å². The molecule has 0 amide bonds. The molecular formula is C18H18N4O4S. The maximum atomic E-state index is 12.6. The first-order valence-corrected chi connectivity index (χ1v) is 9.60. The van der Waals surface area contributed by atoms with Gasteiger partial charge in [0.05, 0.1) is 9.82 Å². The lowest BCUT2D eigenvalue weighted by atomic mass is 10.2. The minimum atomic E-state index is -3.87. The summed E-state index contributed by atoms with van der Waals surface area (Å²) in [5.74, 6) is 0.851. The molecular weight excluding hydrogens is 368 g/mol. The maximum Gasteiger partial charge on any atom is 0.270 e. The number of aromatic nitrogens is 2. The smallest absolute Gasteiger partial charge is 0.270 e. The largest absolute Gasteiger partial charge is 0.304 e. The van der Waals surface area contributed by atoms with E-state index in [0.29, 0.717) is 5.56 Å². The molecule has 1 N–H and O–H groups in total. The lowest BCUT2D eigenvalue weighted by Gasteiger charge is -2.10. The first-order chi connectivity index (χ1) is 12.8. The Morgan fingerprint density at radius 1 is 1.15 bits per heavy atom. The number of nitrogens with one attached hydrogen (secondary N) is 1. The van der Waals surface area contributed by atoms with Gasteiger partial charge in [-0.2, -0.15) is 0 Å². The number of hydrogen-bond acceptors (Lipinski definition) is 5. The Morgan fingerprint density at radius 2 is 1.85 bits per heavy atom. The molecule has 0 fully saturated rings. The fourth-order valence-corrected chi connectivity index (χ4v) is 3.95. The number of benzene rings is 2. The van der Waals surface area contributed by atoms with E-state index in [1.165, 1.54) is 12.1 Å². The highest BCUT2D eigenvalue weighted by Gasteiger charge is 2.20. The number of nitro benzene ring substituents is 1. The normalized spacial score (nSPS) is 11.5. The molecule has 27 heavy (non-hydrogen) atoms. The third-order valence-electron chi connectivity index (χ3n) is 4.18. The summed E-state index contributed by atoms with van der Waals surface area (Å²) in [6, 6.07) is 11.2. The number of nitro groups is 1. The number of nitrogens with zero attached hydrogens (tertiary/aromatic N) is 3. The van der Waals surface area contributed by atoms with Gasteiger partial charge in [-0.1, -0.05) is 18.2 Å². The fraction of sp³-hybridized carbons (Fsp3) is 0.167. The Kier molecular flexibility index (Phi) is 5.06. The fourth-order valence-electron chi connectivity index (χ4n) is 2.67. The molecule has 1 heterocycles. The predicted octanol–water partition coefficient (Wildman–Crippen LogP) is 2.88. The minimum absolute atomic E-state index is 0.0770. The first kappa shape index (κ1) is 18.7. The molecule has 0 spiro atoms. The highest BCUT2D eigenvalue weighted by atomic mass is 32.2. The van der Waals surface area contributed by atoms with Crippen molar-refractivity contribution in [1.29, 1.82) is 0 Å². The zero-order valence-electron chi connectivity index (χ0n) is 14.8. The molecule has 0 bridgehead atoms. The molecule has 0 saturated heterocycles. The second kappa shape index (κ2) is 7.29. The van der Waals surface area contributed by atoms with Gasteiger partial charge >= 0.3 is 0 Å². The van der Waals surface area contributed by atoms with Gasteiger partial charge in [-0.3, -0.25) is 10.1 Å². The molecule has 0 aliphatic heterocycles. The van der Waals surface area contributed by atoms with E-state index in [2.05, 4.69) is 9.71 Å². The number of non-ortho nitro benzene ring substituents is 1. The van der Waals surface area contributed by atoms with E-state index in [9.17, 15) is 18.5 Å². The summed E-state index contributed by atoms with van der Waals surface area (Å²) in [5.41, 5.74) is 1.87. The van der Waals surface area contributed by atoms with E-state index >= 15 is 0 Å². The average molecular weight is 386 g/mol. The van der Waals surface area contributed by atoms with Gasteiger partial charge in [-0.25, -0.2) is 18.1 Å². The lowest BCUT2D eigenvalue weighted by Crippen LogP contribution is -2.24. The van der Waals surface area contributed by atoms with Gasteiger partial charge in [0.1, 0.15) is 5.82 Å². The van der Waals surface area contributed by atoms with Gasteiger partial charge in [0, 0.05) is 36.8 Å². The van der Waals surface area contributed by atoms with Crippen LogP contribution >= 0.6 is 0 Å². The number of rotatable bonds is 6. The van der Waals surface area contributed by atoms with Crippen molar-refractivity contribution in [2.75, 3.05) is 0 Å². The molecule has 0 radical (unpaired) electrons. The van der Waals surface area contributed by atoms with Crippen molar-refractivity contribution < 1.29 is 13.3 Å². The zero-order chi connectivity index (χ0) is 19.6. The van der Waals surface area contributed by atoms with E-state index in [1.54, 1.807) is 13.1 Å². The van der Waals surface area contributed by atoms with Crippen LogP contribution in [0, 0.1) is 24.0 Å². The summed E-state index contributed by atoms with van der Waals surface area (Å²) < 4.78 is 29.5. The lowest BCUT2D eigenvalue weighted by molar-refractivity contribution is -0.385. The summed E-state index contributed by atoms with van der Waals surface area (Å²) in [7, 11) is -3.87. The molecule has 0 aliphatic carbocycles. The van der Waals surface area contributed by atoms with Gasteiger partial charge in [0.2, 0.25) is 10.0 Å². The van der Waals surface area contributed by atoms with Crippen LogP contribution in [0.5, 0.6) is 0 Å². The van der Waals surface area contributed by atoms with Gasteiger partial charge in [-0.15, -0.1) is 0 Å². The molecule has 0 atom stereocenters. The maximum absolute atomic E-state index is 12.6. The van der Waals surface area contributed by atoms with Gasteiger partial charge < -0.3 is 4.57 Å². The van der Waals surface area contributed by atoms with Crippen LogP contribution < -0.4 is 4.72 Å². The van der Waals surface area contributed by atoms with Crippen molar-refractivity contribution >= 4 is 15.7 Å². The summed E-state index contributed by atoms with van der Waals surface area (Å²) in [5, 5.41) is 10.9. The van der Waals surface area contributed by atoms with Gasteiger partial charge in [0.15, 0.2) is 0 Å². The topological polar surface area (TPSA) is 107 Å². The molecule has 0 saturated carbocycles. The SMILES string of the molecule is Cc1ccc([N+](=O)[O-])cc1S(=O)(=O)NCc1ccc(-n2ccnc2C)cc1. The molecule has 140 valence electrons. The third kappa shape index (κ3) is 4.04. The molecule has 2 aromatic carbocycles. The monoisotopic (exact) mass is 386 g/mol. The molecule has 0 unspecified atom stereocenters. The van der Waals surface area contributed by atoms with E-state index in [0.717, 1.165) is 23.1 Å². The van der Waals surface area contributed by atoms with Crippen molar-refractivity contribution in [1.82, 2.24) is 14.3 Å². The van der Waals surface area contributed by atoms with Crippen LogP contribution in [0.3, 0.4) is 0 Å². The third-order valence-corrected chi connectivity index (χ3v) is 5.72. The van der Waals surface area contributed by atoms with E-state index < -0.39 is 14.9 Å². The highest BCUT2D eigenvalue weighted by molar-refractivity contribution is 7.89. The Hall–Kier alpha value is -3.04. The number of sulfonamides is 1. The van der Waals surface area contributed by atoms with E-state index in [4.69, 9.17) is 0 Å². The highest BCUT2D eigenvalue weighted by Crippen LogP contribution is 2.22. The minimum Gasteiger partial charge on any atom is -0.304 e. The van der Waals surface area contributed by atoms with Crippen LogP contribution in [0.2, 0.25) is 0 Å². The zero-order valence-corrected chi connectivity index (χ0v) is 15.6. The average Bonchev–Trinajstić information content (AvgIpc) is 3.06. The molecule has 9 heteroatoms. The van der Waals surface area contributed by atoms with Crippen LogP contribution in [-0.2, 0) is 16.6 Å². The molecule has 0 aliphatic rings. The van der Waals surface area contributed by atoms with Crippen molar-refractivity contribution in [2.24, 2.45) is 0 Å². The second-order valence-corrected chi connectivity index (χ2v) is 7.78. The summed E-state index contributed by atoms with van der Waals surface area (Å²) >= 11 is 0. The van der Waals surface area contributed by atoms with Crippen molar-refractivity contribution in [2.45, 2.75) is 25.3 Å². The number of aryl methyl sites for hydroxylation is 2.